The van der Waals surface area contributed by atoms with E-state index in [1.54, 1.807) is 24.3 Å². The third-order valence-electron chi connectivity index (χ3n) is 5.44. The topological polar surface area (TPSA) is 69.9 Å². The Hall–Kier alpha value is -2.42. The minimum atomic E-state index is -4.98. The first-order valence-corrected chi connectivity index (χ1v) is 14.3. The van der Waals surface area contributed by atoms with Gasteiger partial charge in [0.15, 0.2) is 10.5 Å². The Morgan fingerprint density at radius 2 is 2.00 bits per heavy atom. The van der Waals surface area contributed by atoms with Crippen molar-refractivity contribution in [2.45, 2.75) is 19.1 Å². The number of carbonyl (C=O) groups is 1. The summed E-state index contributed by atoms with van der Waals surface area (Å²) in [6.45, 7) is 5.24. The number of halogens is 6. The van der Waals surface area contributed by atoms with Crippen molar-refractivity contribution in [1.82, 2.24) is 4.57 Å². The van der Waals surface area contributed by atoms with E-state index in [2.05, 4.69) is 50.1 Å². The van der Waals surface area contributed by atoms with Gasteiger partial charge in [0.1, 0.15) is 12.4 Å². The van der Waals surface area contributed by atoms with Gasteiger partial charge >= 0.3 is 12.1 Å². The molecule has 13 heteroatoms. The van der Waals surface area contributed by atoms with E-state index >= 15 is 0 Å². The fraction of sp³-hybridized carbons (Fsp3) is 0.192. The number of benzene rings is 2. The smallest absolute Gasteiger partial charge is 0.434 e. The zero-order valence-corrected chi connectivity index (χ0v) is 25.3. The zero-order chi connectivity index (χ0) is 28.5. The van der Waals surface area contributed by atoms with Crippen LogP contribution in [0.4, 0.5) is 13.2 Å². The Morgan fingerprint density at radius 1 is 1.31 bits per heavy atom. The van der Waals surface area contributed by atoms with Crippen LogP contribution in [-0.4, -0.2) is 29.9 Å². The van der Waals surface area contributed by atoms with Crippen molar-refractivity contribution in [2.24, 2.45) is 4.99 Å². The fourth-order valence-corrected chi connectivity index (χ4v) is 6.79. The Bertz CT molecular complexity index is 1640. The largest absolute Gasteiger partial charge is 0.487 e. The lowest BCUT2D eigenvalue weighted by Crippen LogP contribution is -2.41. The second-order valence-corrected chi connectivity index (χ2v) is 11.5. The Morgan fingerprint density at radius 3 is 2.59 bits per heavy atom. The number of allylic oxidation sites excluding steroid dienone is 1. The van der Waals surface area contributed by atoms with Crippen molar-refractivity contribution in [3.63, 3.8) is 0 Å². The van der Waals surface area contributed by atoms with Gasteiger partial charge in [0, 0.05) is 5.02 Å². The van der Waals surface area contributed by atoms with E-state index in [0.717, 1.165) is 19.5 Å². The van der Waals surface area contributed by atoms with Crippen molar-refractivity contribution < 1.29 is 27.4 Å². The van der Waals surface area contributed by atoms with E-state index in [-0.39, 0.29) is 21.5 Å². The Labute approximate surface area is 251 Å². The minimum Gasteiger partial charge on any atom is -0.487 e. The Balaban J connectivity index is 1.98. The molecule has 0 radical (unpaired) electrons. The summed E-state index contributed by atoms with van der Waals surface area (Å²) in [6.07, 6.45) is -1.83. The predicted molar refractivity (Wildman–Crippen MR) is 155 cm³/mol. The van der Waals surface area contributed by atoms with Gasteiger partial charge in [0.25, 0.3) is 5.56 Å². The number of aromatic nitrogens is 1. The number of nitrogens with zero attached hydrogens (tertiary/aromatic N) is 2. The number of alkyl halides is 3. The maximum absolute atomic E-state index is 14.2. The molecule has 0 bridgehead atoms. The molecular formula is C26H18BrClF3IN2O4S. The van der Waals surface area contributed by atoms with Crippen LogP contribution < -0.4 is 19.6 Å². The van der Waals surface area contributed by atoms with E-state index in [1.807, 2.05) is 0 Å². The standard InChI is InChI=1S/C26H18BrClF3IN2O4S/c1-3-9-38-21-16(27)10-13(11-17(21)32)12-18-23(35)34-20(14-5-7-15(28)8-6-14)19(24(36)37-4-2)22(26(29,30)31)33-25(34)39-18/h3,5-8,10-12,20H,1,4,9H2,2H3/b18-12-/t20-/m0/s1. The van der Waals surface area contributed by atoms with Crippen LogP contribution in [0.25, 0.3) is 6.08 Å². The molecule has 39 heavy (non-hydrogen) atoms. The molecule has 6 nitrogen and oxygen atoms in total. The van der Waals surface area contributed by atoms with Crippen LogP contribution in [0.2, 0.25) is 5.02 Å². The third kappa shape index (κ3) is 6.18. The van der Waals surface area contributed by atoms with Gasteiger partial charge in [0.2, 0.25) is 0 Å². The average molecular weight is 754 g/mol. The molecule has 1 atom stereocenters. The number of fused-ring (bicyclic) bond motifs is 1. The summed E-state index contributed by atoms with van der Waals surface area (Å²) in [5.41, 5.74) is -1.94. The predicted octanol–water partition coefficient (Wildman–Crippen LogP) is 5.93. The van der Waals surface area contributed by atoms with Gasteiger partial charge in [-0.25, -0.2) is 9.79 Å². The molecule has 2 aromatic carbocycles. The summed E-state index contributed by atoms with van der Waals surface area (Å²) >= 11 is 12.3. The highest BCUT2D eigenvalue weighted by Crippen LogP contribution is 2.38. The van der Waals surface area contributed by atoms with Crippen molar-refractivity contribution in [3.05, 3.63) is 104 Å². The van der Waals surface area contributed by atoms with Gasteiger partial charge in [-0.2, -0.15) is 13.2 Å². The quantitative estimate of drug-likeness (QED) is 0.171. The summed E-state index contributed by atoms with van der Waals surface area (Å²) in [4.78, 5) is 30.1. The molecule has 0 saturated carbocycles. The molecule has 204 valence electrons. The number of esters is 1. The summed E-state index contributed by atoms with van der Waals surface area (Å²) in [7, 11) is 0. The van der Waals surface area contributed by atoms with Crippen molar-refractivity contribution in [3.8, 4) is 5.75 Å². The molecule has 4 rings (SSSR count). The second kappa shape index (κ2) is 12.0. The highest BCUT2D eigenvalue weighted by molar-refractivity contribution is 14.1. The lowest BCUT2D eigenvalue weighted by molar-refractivity contribution is -0.140. The maximum atomic E-state index is 14.2. The zero-order valence-electron chi connectivity index (χ0n) is 20.0. The lowest BCUT2D eigenvalue weighted by Gasteiger charge is -2.26. The molecule has 2 heterocycles. The SMILES string of the molecule is C=CCOc1c(Br)cc(/C=c2\sc3n(c2=O)[C@@H](c2ccc(Cl)cc2)C(C(=O)OCC)=C(C(F)(F)F)N=3)cc1I. The van der Waals surface area contributed by atoms with Gasteiger partial charge in [-0.05, 0) is 86.9 Å². The fourth-order valence-electron chi connectivity index (χ4n) is 3.90. The molecule has 1 aliphatic heterocycles. The van der Waals surface area contributed by atoms with Crippen molar-refractivity contribution in [2.75, 3.05) is 13.2 Å². The second-order valence-electron chi connectivity index (χ2n) is 8.03. The van der Waals surface area contributed by atoms with Gasteiger partial charge in [-0.1, -0.05) is 47.7 Å². The summed E-state index contributed by atoms with van der Waals surface area (Å²) in [5.74, 6) is -0.623. The molecule has 3 aromatic rings. The van der Waals surface area contributed by atoms with Gasteiger partial charge < -0.3 is 9.47 Å². The molecular weight excluding hydrogens is 736 g/mol. The van der Waals surface area contributed by atoms with Crippen LogP contribution >= 0.6 is 61.5 Å². The number of carbonyl (C=O) groups excluding carboxylic acids is 1. The molecule has 0 saturated heterocycles. The number of hydrogen-bond acceptors (Lipinski definition) is 6. The van der Waals surface area contributed by atoms with E-state index < -0.39 is 35.0 Å². The van der Waals surface area contributed by atoms with Crippen molar-refractivity contribution in [1.29, 1.82) is 0 Å². The lowest BCUT2D eigenvalue weighted by atomic mass is 9.95. The van der Waals surface area contributed by atoms with E-state index in [9.17, 15) is 22.8 Å². The van der Waals surface area contributed by atoms with Crippen LogP contribution in [0.3, 0.4) is 0 Å². The summed E-state index contributed by atoms with van der Waals surface area (Å²) in [5, 5.41) is 0.338. The summed E-state index contributed by atoms with van der Waals surface area (Å²) in [6, 6.07) is 7.92. The molecule has 0 spiro atoms. The normalized spacial score (nSPS) is 15.6. The van der Waals surface area contributed by atoms with Gasteiger partial charge in [-0.3, -0.25) is 9.36 Å². The van der Waals surface area contributed by atoms with E-state index in [0.29, 0.717) is 27.4 Å². The Kier molecular flexibility index (Phi) is 9.08. The third-order valence-corrected chi connectivity index (χ3v) is 8.07. The monoisotopic (exact) mass is 752 g/mol. The van der Waals surface area contributed by atoms with E-state index in [4.69, 9.17) is 21.1 Å². The minimum absolute atomic E-state index is 0.127. The van der Waals surface area contributed by atoms with Crippen LogP contribution in [0.1, 0.15) is 24.1 Å². The number of hydrogen-bond donors (Lipinski definition) is 0. The average Bonchev–Trinajstić information content (AvgIpc) is 3.17. The number of ether oxygens (including phenoxy) is 2. The van der Waals surface area contributed by atoms with Crippen LogP contribution in [0, 0.1) is 3.57 Å². The van der Waals surface area contributed by atoms with Gasteiger partial charge in [-0.15, -0.1) is 0 Å². The molecule has 0 aliphatic carbocycles. The molecule has 0 amide bonds. The molecule has 0 fully saturated rings. The first kappa shape index (κ1) is 29.6. The highest BCUT2D eigenvalue weighted by atomic mass is 127. The van der Waals surface area contributed by atoms with Crippen LogP contribution in [0.5, 0.6) is 5.75 Å². The highest BCUT2D eigenvalue weighted by Gasteiger charge is 2.45. The molecule has 1 aromatic heterocycles. The number of thiazole rings is 1. The number of rotatable bonds is 7. The molecule has 0 N–H and O–H groups in total. The molecule has 0 unspecified atom stereocenters. The molecule has 1 aliphatic rings. The maximum Gasteiger partial charge on any atom is 0.434 e. The summed E-state index contributed by atoms with van der Waals surface area (Å²) < 4.78 is 55.8. The first-order chi connectivity index (χ1) is 18.5. The van der Waals surface area contributed by atoms with Crippen LogP contribution in [-0.2, 0) is 9.53 Å². The first-order valence-electron chi connectivity index (χ1n) is 11.2. The van der Waals surface area contributed by atoms with Gasteiger partial charge in [0.05, 0.1) is 30.8 Å². The van der Waals surface area contributed by atoms with E-state index in [1.165, 1.54) is 31.2 Å². The van der Waals surface area contributed by atoms with Crippen molar-refractivity contribution >= 4 is 73.5 Å². The van der Waals surface area contributed by atoms with Crippen LogP contribution in [0.15, 0.2) is 74.6 Å².